The van der Waals surface area contributed by atoms with Crippen LogP contribution in [-0.4, -0.2) is 0 Å². The monoisotopic (exact) mass is 391 g/mol. The van der Waals surface area contributed by atoms with Crippen LogP contribution in [0.3, 0.4) is 0 Å². The van der Waals surface area contributed by atoms with Crippen molar-refractivity contribution in [2.24, 2.45) is 5.11 Å². The van der Waals surface area contributed by atoms with Gasteiger partial charge in [0.2, 0.25) is 0 Å². The fraction of sp³-hybridized carbons (Fsp3) is 0.185. The molecule has 3 heteroatoms. The third kappa shape index (κ3) is 4.07. The molecule has 3 nitrogen and oxygen atoms in total. The molecule has 0 N–H and O–H groups in total. The number of rotatable bonds is 5. The second-order valence-corrected chi connectivity index (χ2v) is 8.02. The number of aryl methyl sites for hydroxylation is 3. The first kappa shape index (κ1) is 19.8. The second-order valence-electron chi connectivity index (χ2n) is 8.02. The Labute approximate surface area is 178 Å². The van der Waals surface area contributed by atoms with Gasteiger partial charge in [0.25, 0.3) is 0 Å². The van der Waals surface area contributed by atoms with Crippen LogP contribution in [0.2, 0.25) is 0 Å². The molecule has 3 aromatic carbocycles. The molecule has 2 atom stereocenters. The smallest absolute Gasteiger partial charge is 0.0812 e. The van der Waals surface area contributed by atoms with Gasteiger partial charge in [-0.15, -0.1) is 0 Å². The molecule has 3 aromatic rings. The highest BCUT2D eigenvalue weighted by molar-refractivity contribution is 5.84. The van der Waals surface area contributed by atoms with Crippen molar-refractivity contribution >= 4 is 5.57 Å². The van der Waals surface area contributed by atoms with Crippen molar-refractivity contribution in [1.82, 2.24) is 0 Å². The zero-order chi connectivity index (χ0) is 21.1. The second kappa shape index (κ2) is 8.44. The first-order valence-corrected chi connectivity index (χ1v) is 10.2. The summed E-state index contributed by atoms with van der Waals surface area (Å²) in [5.41, 5.74) is 18.6. The lowest BCUT2D eigenvalue weighted by Gasteiger charge is -2.17. The van der Waals surface area contributed by atoms with E-state index in [1.165, 1.54) is 22.3 Å². The summed E-state index contributed by atoms with van der Waals surface area (Å²) in [6.07, 6.45) is 4.54. The molecule has 0 saturated heterocycles. The summed E-state index contributed by atoms with van der Waals surface area (Å²) in [4.78, 5) is 3.19. The maximum atomic E-state index is 9.33. The predicted octanol–water partition coefficient (Wildman–Crippen LogP) is 7.77. The van der Waals surface area contributed by atoms with Gasteiger partial charge in [-0.2, -0.15) is 0 Å². The molecule has 0 spiro atoms. The van der Waals surface area contributed by atoms with Crippen LogP contribution in [-0.2, 0) is 0 Å². The van der Waals surface area contributed by atoms with Gasteiger partial charge >= 0.3 is 0 Å². The first-order chi connectivity index (χ1) is 14.5. The van der Waals surface area contributed by atoms with E-state index in [1.54, 1.807) is 0 Å². The van der Waals surface area contributed by atoms with E-state index in [0.29, 0.717) is 0 Å². The highest BCUT2D eigenvalue weighted by Crippen LogP contribution is 2.44. The van der Waals surface area contributed by atoms with Crippen LogP contribution in [0.1, 0.15) is 45.3 Å². The average Bonchev–Trinajstić information content (AvgIpc) is 3.19. The summed E-state index contributed by atoms with van der Waals surface area (Å²) in [6, 6.07) is 25.1. The van der Waals surface area contributed by atoms with Gasteiger partial charge in [-0.25, -0.2) is 0 Å². The van der Waals surface area contributed by atoms with Crippen LogP contribution in [0.25, 0.3) is 16.0 Å². The van der Waals surface area contributed by atoms with Crippen molar-refractivity contribution in [3.8, 4) is 0 Å². The summed E-state index contributed by atoms with van der Waals surface area (Å²) in [5.74, 6) is 0.152. The van der Waals surface area contributed by atoms with Gasteiger partial charge in [0.05, 0.1) is 6.04 Å². The summed E-state index contributed by atoms with van der Waals surface area (Å²) >= 11 is 0. The van der Waals surface area contributed by atoms with E-state index in [4.69, 9.17) is 0 Å². The van der Waals surface area contributed by atoms with E-state index in [9.17, 15) is 5.53 Å². The van der Waals surface area contributed by atoms with Crippen LogP contribution >= 0.6 is 0 Å². The van der Waals surface area contributed by atoms with E-state index in [0.717, 1.165) is 22.3 Å². The lowest BCUT2D eigenvalue weighted by Crippen LogP contribution is -2.01. The Balaban J connectivity index is 1.83. The molecule has 0 heterocycles. The van der Waals surface area contributed by atoms with Crippen molar-refractivity contribution in [3.63, 3.8) is 0 Å². The summed E-state index contributed by atoms with van der Waals surface area (Å²) in [7, 11) is 0. The maximum absolute atomic E-state index is 9.33. The van der Waals surface area contributed by atoms with E-state index in [-0.39, 0.29) is 12.0 Å². The van der Waals surface area contributed by atoms with Gasteiger partial charge in [0, 0.05) is 10.8 Å². The first-order valence-electron chi connectivity index (χ1n) is 10.2. The molecule has 0 bridgehead atoms. The largest absolute Gasteiger partial charge is 0.0879 e. The molecule has 1 aliphatic carbocycles. The standard InChI is InChI=1S/C27H25N3/c1-18-4-10-21(11-5-18)24-16-25(22-12-6-19(2)7-13-22)26(17-24)27(29-30-28)23-14-8-20(3)9-15-23/h4-17,24,27H,1-3H3/t24?,27-/m1/s1. The minimum atomic E-state index is -0.362. The molecule has 0 fully saturated rings. The Kier molecular flexibility index (Phi) is 5.56. The lowest BCUT2D eigenvalue weighted by atomic mass is 9.91. The highest BCUT2D eigenvalue weighted by atomic mass is 15.1. The van der Waals surface area contributed by atoms with Gasteiger partial charge in [-0.3, -0.25) is 0 Å². The Bertz CT molecular complexity index is 1140. The minimum absolute atomic E-state index is 0.152. The molecule has 148 valence electrons. The van der Waals surface area contributed by atoms with E-state index >= 15 is 0 Å². The number of nitrogens with zero attached hydrogens (tertiary/aromatic N) is 3. The number of azide groups is 1. The van der Waals surface area contributed by atoms with E-state index in [2.05, 4.69) is 116 Å². The van der Waals surface area contributed by atoms with Gasteiger partial charge in [0.15, 0.2) is 0 Å². The topological polar surface area (TPSA) is 48.8 Å². The molecule has 30 heavy (non-hydrogen) atoms. The SMILES string of the molecule is Cc1ccc(C2=CC(c3ccc(C)cc3)C=C2[C@H](N=[N+]=[N-])c2ccc(C)cc2)cc1. The van der Waals surface area contributed by atoms with Crippen LogP contribution in [0.5, 0.6) is 0 Å². The molecule has 0 aliphatic heterocycles. The third-order valence-electron chi connectivity index (χ3n) is 5.70. The van der Waals surface area contributed by atoms with E-state index < -0.39 is 0 Å². The van der Waals surface area contributed by atoms with Crippen LogP contribution < -0.4 is 0 Å². The molecule has 0 aromatic heterocycles. The third-order valence-corrected chi connectivity index (χ3v) is 5.70. The van der Waals surface area contributed by atoms with Gasteiger partial charge in [-0.1, -0.05) is 107 Å². The quantitative estimate of drug-likeness (QED) is 0.242. The van der Waals surface area contributed by atoms with Crippen molar-refractivity contribution in [2.45, 2.75) is 32.7 Å². The number of benzene rings is 3. The van der Waals surface area contributed by atoms with Gasteiger partial charge < -0.3 is 0 Å². The van der Waals surface area contributed by atoms with E-state index in [1.807, 2.05) is 0 Å². The zero-order valence-electron chi connectivity index (χ0n) is 17.6. The molecule has 4 rings (SSSR count). The van der Waals surface area contributed by atoms with Crippen molar-refractivity contribution in [1.29, 1.82) is 0 Å². The predicted molar refractivity (Wildman–Crippen MR) is 124 cm³/mol. The maximum Gasteiger partial charge on any atom is 0.0879 e. The van der Waals surface area contributed by atoms with Crippen LogP contribution in [0, 0.1) is 20.8 Å². The molecule has 0 amide bonds. The Hall–Kier alpha value is -3.55. The number of hydrogen-bond donors (Lipinski definition) is 0. The number of allylic oxidation sites excluding steroid dienone is 2. The summed E-state index contributed by atoms with van der Waals surface area (Å²) in [6.45, 7) is 6.25. The summed E-state index contributed by atoms with van der Waals surface area (Å²) in [5, 5.41) is 4.21. The minimum Gasteiger partial charge on any atom is -0.0812 e. The zero-order valence-corrected chi connectivity index (χ0v) is 17.6. The van der Waals surface area contributed by atoms with Crippen molar-refractivity contribution < 1.29 is 0 Å². The summed E-state index contributed by atoms with van der Waals surface area (Å²) < 4.78 is 0. The van der Waals surface area contributed by atoms with Crippen molar-refractivity contribution in [3.05, 3.63) is 134 Å². The van der Waals surface area contributed by atoms with Crippen LogP contribution in [0.15, 0.2) is 95.6 Å². The molecular weight excluding hydrogens is 366 g/mol. The lowest BCUT2D eigenvalue weighted by molar-refractivity contribution is 0.859. The normalized spacial score (nSPS) is 16.4. The highest BCUT2D eigenvalue weighted by Gasteiger charge is 2.26. The van der Waals surface area contributed by atoms with Gasteiger partial charge in [0.1, 0.15) is 0 Å². The Morgan fingerprint density at radius 3 is 1.83 bits per heavy atom. The Morgan fingerprint density at radius 1 is 0.733 bits per heavy atom. The number of hydrogen-bond acceptors (Lipinski definition) is 1. The molecule has 1 unspecified atom stereocenters. The molecular formula is C27H25N3. The molecule has 0 radical (unpaired) electrons. The van der Waals surface area contributed by atoms with Crippen LogP contribution in [0.4, 0.5) is 0 Å². The van der Waals surface area contributed by atoms with Gasteiger partial charge in [-0.05, 0) is 54.1 Å². The fourth-order valence-corrected chi connectivity index (χ4v) is 3.93. The average molecular weight is 392 g/mol. The fourth-order valence-electron chi connectivity index (χ4n) is 3.93. The Morgan fingerprint density at radius 2 is 1.27 bits per heavy atom. The molecule has 1 aliphatic rings. The van der Waals surface area contributed by atoms with Crippen molar-refractivity contribution in [2.75, 3.05) is 0 Å². The molecule has 0 saturated carbocycles.